The highest BCUT2D eigenvalue weighted by molar-refractivity contribution is 5.71. The van der Waals surface area contributed by atoms with Gasteiger partial charge in [-0.05, 0) is 84.8 Å². The Kier molecular flexibility index (Phi) is 11.0. The molecule has 38 heavy (non-hydrogen) atoms. The van der Waals surface area contributed by atoms with Crippen LogP contribution in [0.4, 0.5) is 0 Å². The number of rotatable bonds is 15. The molecular formula is C30H46O8. The quantitative estimate of drug-likeness (QED) is 0.228. The highest BCUT2D eigenvalue weighted by Crippen LogP contribution is 2.49. The van der Waals surface area contributed by atoms with Gasteiger partial charge in [0.2, 0.25) is 0 Å². The molecule has 8 heteroatoms. The molecule has 1 aromatic carbocycles. The Balaban J connectivity index is 1.52. The highest BCUT2D eigenvalue weighted by Gasteiger charge is 2.45. The molecule has 1 saturated carbocycles. The van der Waals surface area contributed by atoms with E-state index in [1.165, 1.54) is 5.56 Å². The van der Waals surface area contributed by atoms with Crippen LogP contribution in [0.2, 0.25) is 0 Å². The number of esters is 1. The van der Waals surface area contributed by atoms with Gasteiger partial charge in [-0.1, -0.05) is 39.8 Å². The minimum atomic E-state index is -0.935. The Labute approximate surface area is 226 Å². The predicted octanol–water partition coefficient (Wildman–Crippen LogP) is 4.03. The Morgan fingerprint density at radius 3 is 2.61 bits per heavy atom. The summed E-state index contributed by atoms with van der Waals surface area (Å²) in [5.41, 5.74) is 2.16. The van der Waals surface area contributed by atoms with Gasteiger partial charge >= 0.3 is 11.9 Å². The van der Waals surface area contributed by atoms with E-state index < -0.39 is 11.9 Å². The molecule has 0 aromatic heterocycles. The van der Waals surface area contributed by atoms with E-state index in [9.17, 15) is 19.8 Å². The largest absolute Gasteiger partial charge is 0.482 e. The fourth-order valence-electron chi connectivity index (χ4n) is 6.52. The third-order valence-corrected chi connectivity index (χ3v) is 8.25. The van der Waals surface area contributed by atoms with Crippen molar-refractivity contribution in [3.05, 3.63) is 29.3 Å². The molecule has 0 radical (unpaired) electrons. The van der Waals surface area contributed by atoms with Crippen LogP contribution in [0.3, 0.4) is 0 Å². The van der Waals surface area contributed by atoms with Crippen molar-refractivity contribution >= 4 is 11.9 Å². The zero-order chi connectivity index (χ0) is 27.9. The van der Waals surface area contributed by atoms with Crippen molar-refractivity contribution in [1.29, 1.82) is 0 Å². The third kappa shape index (κ3) is 8.42. The molecule has 0 bridgehead atoms. The van der Waals surface area contributed by atoms with Crippen molar-refractivity contribution in [2.45, 2.75) is 84.8 Å². The van der Waals surface area contributed by atoms with Crippen molar-refractivity contribution in [3.63, 3.8) is 0 Å². The molecule has 8 nitrogen and oxygen atoms in total. The zero-order valence-corrected chi connectivity index (χ0v) is 23.4. The summed E-state index contributed by atoms with van der Waals surface area (Å²) in [7, 11) is 0. The number of carboxylic acid groups (broad SMARTS) is 1. The average molecular weight is 535 g/mol. The van der Waals surface area contributed by atoms with E-state index in [0.29, 0.717) is 29.9 Å². The van der Waals surface area contributed by atoms with E-state index in [1.807, 2.05) is 12.1 Å². The summed E-state index contributed by atoms with van der Waals surface area (Å²) in [4.78, 5) is 22.6. The molecule has 2 aliphatic rings. The van der Waals surface area contributed by atoms with Gasteiger partial charge in [0.1, 0.15) is 12.4 Å². The average Bonchev–Trinajstić information content (AvgIpc) is 3.14. The minimum absolute atomic E-state index is 0.0427. The van der Waals surface area contributed by atoms with Crippen LogP contribution in [0.1, 0.15) is 70.9 Å². The standard InChI is InChI=1S/C30H46O8/c1-19(2)17-30(3,4)27(32)9-8-22-23-14-20-6-5-7-26(24(20)15-21(23)16-25(22)31)38-18-29(35)37-13-12-36-11-10-28(33)34/h5-7,19,21-23,25,27,31-32H,8-18H2,1-4H3,(H,33,34)/t21-,22+,23-,25+,27+/m0/s1. The van der Waals surface area contributed by atoms with E-state index in [0.717, 1.165) is 37.7 Å². The van der Waals surface area contributed by atoms with E-state index in [-0.39, 0.29) is 56.4 Å². The maximum Gasteiger partial charge on any atom is 0.344 e. The summed E-state index contributed by atoms with van der Waals surface area (Å²) in [6.45, 7) is 8.68. The van der Waals surface area contributed by atoms with Crippen LogP contribution in [-0.4, -0.2) is 65.9 Å². The number of aliphatic hydroxyl groups is 2. The van der Waals surface area contributed by atoms with Crippen LogP contribution in [0.5, 0.6) is 5.75 Å². The van der Waals surface area contributed by atoms with Crippen molar-refractivity contribution in [3.8, 4) is 5.75 Å². The molecule has 0 unspecified atom stereocenters. The van der Waals surface area contributed by atoms with Gasteiger partial charge in [0.05, 0.1) is 31.8 Å². The maximum atomic E-state index is 12.1. The number of carbonyl (C=O) groups is 2. The number of ether oxygens (including phenoxy) is 3. The number of hydrogen-bond acceptors (Lipinski definition) is 7. The van der Waals surface area contributed by atoms with Crippen LogP contribution in [0.15, 0.2) is 18.2 Å². The molecule has 3 rings (SSSR count). The first-order valence-corrected chi connectivity index (χ1v) is 14.0. The number of aliphatic hydroxyl groups excluding tert-OH is 2. The molecular weight excluding hydrogens is 488 g/mol. The van der Waals surface area contributed by atoms with Crippen LogP contribution < -0.4 is 4.74 Å². The molecule has 0 amide bonds. The molecule has 1 fully saturated rings. The molecule has 1 aromatic rings. The molecule has 3 N–H and O–H groups in total. The number of hydrogen-bond donors (Lipinski definition) is 3. The van der Waals surface area contributed by atoms with Crippen molar-refractivity contribution < 1.29 is 39.1 Å². The Morgan fingerprint density at radius 1 is 1.13 bits per heavy atom. The Morgan fingerprint density at radius 2 is 1.89 bits per heavy atom. The fraction of sp³-hybridized carbons (Fsp3) is 0.733. The predicted molar refractivity (Wildman–Crippen MR) is 143 cm³/mol. The van der Waals surface area contributed by atoms with Gasteiger partial charge in [0.15, 0.2) is 6.61 Å². The summed E-state index contributed by atoms with van der Waals surface area (Å²) in [5.74, 6) is 0.666. The lowest BCUT2D eigenvalue weighted by Gasteiger charge is -2.35. The van der Waals surface area contributed by atoms with E-state index in [2.05, 4.69) is 33.8 Å². The van der Waals surface area contributed by atoms with E-state index in [1.54, 1.807) is 0 Å². The van der Waals surface area contributed by atoms with Gasteiger partial charge in [-0.3, -0.25) is 4.79 Å². The lowest BCUT2D eigenvalue weighted by Crippen LogP contribution is -2.33. The van der Waals surface area contributed by atoms with E-state index in [4.69, 9.17) is 19.3 Å². The van der Waals surface area contributed by atoms with Gasteiger partial charge in [-0.25, -0.2) is 4.79 Å². The fourth-order valence-corrected chi connectivity index (χ4v) is 6.52. The van der Waals surface area contributed by atoms with Crippen LogP contribution in [0, 0.1) is 29.1 Å². The molecule has 214 valence electrons. The zero-order valence-electron chi connectivity index (χ0n) is 23.4. The number of aliphatic carboxylic acids is 1. The maximum absolute atomic E-state index is 12.1. The second-order valence-electron chi connectivity index (χ2n) is 12.1. The number of carbonyl (C=O) groups excluding carboxylic acids is 1. The first-order chi connectivity index (χ1) is 18.0. The molecule has 0 saturated heterocycles. The normalized spacial score (nSPS) is 23.6. The third-order valence-electron chi connectivity index (χ3n) is 8.25. The first kappa shape index (κ1) is 30.4. The van der Waals surface area contributed by atoms with Gasteiger partial charge < -0.3 is 29.5 Å². The molecule has 5 atom stereocenters. The minimum Gasteiger partial charge on any atom is -0.482 e. The SMILES string of the molecule is CC(C)CC(C)(C)[C@H](O)CC[C@@H]1[C@H]2Cc3cccc(OCC(=O)OCCOCCC(=O)O)c3C[C@H]2C[C@H]1O. The van der Waals surface area contributed by atoms with Gasteiger partial charge in [0, 0.05) is 0 Å². The number of fused-ring (bicyclic) bond motifs is 2. The molecule has 0 heterocycles. The van der Waals surface area contributed by atoms with Gasteiger partial charge in [0.25, 0.3) is 0 Å². The van der Waals surface area contributed by atoms with Crippen LogP contribution >= 0.6 is 0 Å². The first-order valence-electron chi connectivity index (χ1n) is 14.0. The summed E-state index contributed by atoms with van der Waals surface area (Å²) >= 11 is 0. The smallest absolute Gasteiger partial charge is 0.344 e. The highest BCUT2D eigenvalue weighted by atomic mass is 16.6. The van der Waals surface area contributed by atoms with Gasteiger partial charge in [-0.2, -0.15) is 0 Å². The van der Waals surface area contributed by atoms with Crippen LogP contribution in [-0.2, 0) is 31.9 Å². The Hall–Kier alpha value is -2.16. The van der Waals surface area contributed by atoms with Crippen molar-refractivity contribution in [2.75, 3.05) is 26.4 Å². The van der Waals surface area contributed by atoms with Crippen LogP contribution in [0.25, 0.3) is 0 Å². The topological polar surface area (TPSA) is 123 Å². The lowest BCUT2D eigenvalue weighted by molar-refractivity contribution is -0.148. The Bertz CT molecular complexity index is 927. The van der Waals surface area contributed by atoms with Crippen molar-refractivity contribution in [1.82, 2.24) is 0 Å². The van der Waals surface area contributed by atoms with E-state index >= 15 is 0 Å². The summed E-state index contributed by atoms with van der Waals surface area (Å²) < 4.78 is 16.1. The summed E-state index contributed by atoms with van der Waals surface area (Å²) in [5, 5.41) is 30.5. The van der Waals surface area contributed by atoms with Crippen molar-refractivity contribution in [2.24, 2.45) is 29.1 Å². The number of benzene rings is 1. The summed E-state index contributed by atoms with van der Waals surface area (Å²) in [6, 6.07) is 5.92. The van der Waals surface area contributed by atoms with Gasteiger partial charge in [-0.15, -0.1) is 0 Å². The second-order valence-corrected chi connectivity index (χ2v) is 12.1. The molecule has 2 aliphatic carbocycles. The number of carboxylic acids is 1. The summed E-state index contributed by atoms with van der Waals surface area (Å²) in [6.07, 6.45) is 4.07. The second kappa shape index (κ2) is 13.8. The lowest BCUT2D eigenvalue weighted by atomic mass is 9.72. The monoisotopic (exact) mass is 534 g/mol. The molecule has 0 spiro atoms. The molecule has 0 aliphatic heterocycles.